The molecule has 2 aromatic rings. The zero-order valence-corrected chi connectivity index (χ0v) is 15.0. The van der Waals surface area contributed by atoms with Crippen LogP contribution >= 0.6 is 0 Å². The van der Waals surface area contributed by atoms with Gasteiger partial charge in [-0.25, -0.2) is 0 Å². The molecule has 0 radical (unpaired) electrons. The van der Waals surface area contributed by atoms with Crippen molar-refractivity contribution in [3.63, 3.8) is 0 Å². The van der Waals surface area contributed by atoms with Crippen molar-refractivity contribution in [3.8, 4) is 11.5 Å². The Kier molecular flexibility index (Phi) is 7.08. The van der Waals surface area contributed by atoms with Crippen molar-refractivity contribution >= 4 is 12.0 Å². The number of benzene rings is 2. The standard InChI is InChI=1S/C21H25NO3/c1-4-16-5-7-17(8-6-16)13-14-22-21(23)12-10-18-9-11-19(24-2)20(15-18)25-3/h5-12,15H,4,13-14H2,1-3H3,(H,22,23). The second-order valence-electron chi connectivity index (χ2n) is 5.66. The number of amides is 1. The van der Waals surface area contributed by atoms with Gasteiger partial charge in [-0.05, 0) is 47.7 Å². The number of hydrogen-bond acceptors (Lipinski definition) is 3. The summed E-state index contributed by atoms with van der Waals surface area (Å²) in [7, 11) is 3.18. The molecule has 1 N–H and O–H groups in total. The van der Waals surface area contributed by atoms with Crippen LogP contribution in [0.3, 0.4) is 0 Å². The Bertz CT molecular complexity index is 720. The lowest BCUT2D eigenvalue weighted by Crippen LogP contribution is -2.23. The third-order valence-corrected chi connectivity index (χ3v) is 3.98. The van der Waals surface area contributed by atoms with Crippen molar-refractivity contribution < 1.29 is 14.3 Å². The summed E-state index contributed by atoms with van der Waals surface area (Å²) in [6, 6.07) is 14.0. The molecule has 2 rings (SSSR count). The van der Waals surface area contributed by atoms with Crippen molar-refractivity contribution in [1.29, 1.82) is 0 Å². The average Bonchev–Trinajstić information content (AvgIpc) is 2.66. The van der Waals surface area contributed by atoms with E-state index in [2.05, 4.69) is 36.5 Å². The predicted molar refractivity (Wildman–Crippen MR) is 101 cm³/mol. The highest BCUT2D eigenvalue weighted by Gasteiger charge is 2.03. The zero-order valence-electron chi connectivity index (χ0n) is 15.0. The average molecular weight is 339 g/mol. The number of ether oxygens (including phenoxy) is 2. The van der Waals surface area contributed by atoms with Gasteiger partial charge in [0, 0.05) is 12.6 Å². The van der Waals surface area contributed by atoms with E-state index in [0.717, 1.165) is 18.4 Å². The molecular formula is C21H25NO3. The Morgan fingerprint density at radius 3 is 2.32 bits per heavy atom. The summed E-state index contributed by atoms with van der Waals surface area (Å²) in [4.78, 5) is 11.9. The van der Waals surface area contributed by atoms with Crippen LogP contribution in [0.15, 0.2) is 48.5 Å². The van der Waals surface area contributed by atoms with Gasteiger partial charge in [-0.2, -0.15) is 0 Å². The number of methoxy groups -OCH3 is 2. The highest BCUT2D eigenvalue weighted by molar-refractivity contribution is 5.91. The summed E-state index contributed by atoms with van der Waals surface area (Å²) in [5.41, 5.74) is 3.43. The molecule has 0 aliphatic rings. The number of carbonyl (C=O) groups excluding carboxylic acids is 1. The molecule has 2 aromatic carbocycles. The van der Waals surface area contributed by atoms with E-state index >= 15 is 0 Å². The molecule has 132 valence electrons. The Hall–Kier alpha value is -2.75. The Morgan fingerprint density at radius 1 is 1.00 bits per heavy atom. The first kappa shape index (κ1) is 18.6. The topological polar surface area (TPSA) is 47.6 Å². The highest BCUT2D eigenvalue weighted by atomic mass is 16.5. The van der Waals surface area contributed by atoms with Gasteiger partial charge in [0.05, 0.1) is 14.2 Å². The summed E-state index contributed by atoms with van der Waals surface area (Å²) < 4.78 is 10.5. The Balaban J connectivity index is 1.84. The van der Waals surface area contributed by atoms with Crippen LogP contribution in [0.4, 0.5) is 0 Å². The van der Waals surface area contributed by atoms with Crippen molar-refractivity contribution in [2.45, 2.75) is 19.8 Å². The van der Waals surface area contributed by atoms with Crippen molar-refractivity contribution in [2.24, 2.45) is 0 Å². The molecule has 0 aliphatic carbocycles. The maximum Gasteiger partial charge on any atom is 0.244 e. The molecule has 25 heavy (non-hydrogen) atoms. The van der Waals surface area contributed by atoms with E-state index in [1.54, 1.807) is 20.3 Å². The van der Waals surface area contributed by atoms with Gasteiger partial charge in [0.1, 0.15) is 0 Å². The number of rotatable bonds is 8. The lowest BCUT2D eigenvalue weighted by Gasteiger charge is -2.07. The van der Waals surface area contributed by atoms with Gasteiger partial charge >= 0.3 is 0 Å². The van der Waals surface area contributed by atoms with Gasteiger partial charge in [-0.1, -0.05) is 37.3 Å². The third-order valence-electron chi connectivity index (χ3n) is 3.98. The first-order chi connectivity index (χ1) is 12.2. The molecule has 0 aromatic heterocycles. The van der Waals surface area contributed by atoms with E-state index in [1.165, 1.54) is 17.2 Å². The van der Waals surface area contributed by atoms with Crippen LogP contribution in [0.2, 0.25) is 0 Å². The molecule has 0 atom stereocenters. The van der Waals surface area contributed by atoms with Gasteiger partial charge in [0.15, 0.2) is 11.5 Å². The highest BCUT2D eigenvalue weighted by Crippen LogP contribution is 2.27. The molecule has 0 bridgehead atoms. The van der Waals surface area contributed by atoms with Gasteiger partial charge in [-0.3, -0.25) is 4.79 Å². The smallest absolute Gasteiger partial charge is 0.244 e. The monoisotopic (exact) mass is 339 g/mol. The number of hydrogen-bond donors (Lipinski definition) is 1. The van der Waals surface area contributed by atoms with Crippen molar-refractivity contribution in [2.75, 3.05) is 20.8 Å². The summed E-state index contributed by atoms with van der Waals surface area (Å²) >= 11 is 0. The fourth-order valence-corrected chi connectivity index (χ4v) is 2.46. The minimum absolute atomic E-state index is 0.111. The second kappa shape index (κ2) is 9.52. The third kappa shape index (κ3) is 5.68. The van der Waals surface area contributed by atoms with Gasteiger partial charge in [0.25, 0.3) is 0 Å². The Morgan fingerprint density at radius 2 is 1.68 bits per heavy atom. The normalized spacial score (nSPS) is 10.7. The molecular weight excluding hydrogens is 314 g/mol. The molecule has 0 fully saturated rings. The van der Waals surface area contributed by atoms with E-state index in [9.17, 15) is 4.79 Å². The van der Waals surface area contributed by atoms with E-state index < -0.39 is 0 Å². The molecule has 0 heterocycles. The Labute approximate surface area is 149 Å². The van der Waals surface area contributed by atoms with Crippen molar-refractivity contribution in [3.05, 3.63) is 65.2 Å². The van der Waals surface area contributed by atoms with Crippen LogP contribution in [0.5, 0.6) is 11.5 Å². The summed E-state index contributed by atoms with van der Waals surface area (Å²) in [6.45, 7) is 2.75. The van der Waals surface area contributed by atoms with Gasteiger partial charge < -0.3 is 14.8 Å². The molecule has 1 amide bonds. The second-order valence-corrected chi connectivity index (χ2v) is 5.66. The molecule has 0 spiro atoms. The van der Waals surface area contributed by atoms with Crippen LogP contribution < -0.4 is 14.8 Å². The summed E-state index contributed by atoms with van der Waals surface area (Å²) in [5.74, 6) is 1.19. The van der Waals surface area contributed by atoms with Gasteiger partial charge in [-0.15, -0.1) is 0 Å². The molecule has 4 nitrogen and oxygen atoms in total. The molecule has 0 saturated carbocycles. The zero-order chi connectivity index (χ0) is 18.1. The first-order valence-corrected chi connectivity index (χ1v) is 8.42. The molecule has 0 unspecified atom stereocenters. The van der Waals surface area contributed by atoms with E-state index in [0.29, 0.717) is 18.0 Å². The van der Waals surface area contributed by atoms with E-state index in [-0.39, 0.29) is 5.91 Å². The van der Waals surface area contributed by atoms with E-state index in [1.807, 2.05) is 18.2 Å². The SMILES string of the molecule is CCc1ccc(CCNC(=O)C=Cc2ccc(OC)c(OC)c2)cc1. The lowest BCUT2D eigenvalue weighted by atomic mass is 10.1. The first-order valence-electron chi connectivity index (χ1n) is 8.42. The van der Waals surface area contributed by atoms with E-state index in [4.69, 9.17) is 9.47 Å². The number of aryl methyl sites for hydroxylation is 1. The molecule has 0 saturated heterocycles. The van der Waals surface area contributed by atoms with Crippen LogP contribution in [0.25, 0.3) is 6.08 Å². The van der Waals surface area contributed by atoms with Crippen LogP contribution in [-0.4, -0.2) is 26.7 Å². The van der Waals surface area contributed by atoms with Crippen molar-refractivity contribution in [1.82, 2.24) is 5.32 Å². The lowest BCUT2D eigenvalue weighted by molar-refractivity contribution is -0.116. The maximum absolute atomic E-state index is 11.9. The maximum atomic E-state index is 11.9. The van der Waals surface area contributed by atoms with Crippen LogP contribution in [0, 0.1) is 0 Å². The number of nitrogens with one attached hydrogen (secondary N) is 1. The largest absolute Gasteiger partial charge is 0.493 e. The number of carbonyl (C=O) groups is 1. The molecule has 0 aliphatic heterocycles. The predicted octanol–water partition coefficient (Wildman–Crippen LogP) is 3.64. The minimum atomic E-state index is -0.111. The fraction of sp³-hybridized carbons (Fsp3) is 0.286. The quantitative estimate of drug-likeness (QED) is 0.747. The summed E-state index contributed by atoms with van der Waals surface area (Å²) in [6.07, 6.45) is 5.15. The van der Waals surface area contributed by atoms with Crippen LogP contribution in [-0.2, 0) is 17.6 Å². The molecule has 4 heteroatoms. The minimum Gasteiger partial charge on any atom is -0.493 e. The summed E-state index contributed by atoms with van der Waals surface area (Å²) in [5, 5.41) is 2.90. The van der Waals surface area contributed by atoms with Gasteiger partial charge in [0.2, 0.25) is 5.91 Å². The van der Waals surface area contributed by atoms with Crippen LogP contribution in [0.1, 0.15) is 23.6 Å². The fourth-order valence-electron chi connectivity index (χ4n) is 2.46.